The van der Waals surface area contributed by atoms with Gasteiger partial charge in [0.1, 0.15) is 30.2 Å². The lowest BCUT2D eigenvalue weighted by atomic mass is 10.1. The Hall–Kier alpha value is -1.81. The molecule has 0 unspecified atom stereocenters. The molecule has 1 fully saturated rings. The molecule has 4 atom stereocenters. The monoisotopic (exact) mass is 281 g/mol. The van der Waals surface area contributed by atoms with Crippen LogP contribution >= 0.6 is 0 Å². The molecule has 20 heavy (non-hydrogen) atoms. The standard InChI is InChI=1S/C11H15N5O4/c1-19-8-7(18)5(2-17)20-11(8)16-4-15-6-9(12)13-3-14-10(6)16/h3-5,7-8,11,17-18H,2H2,1H3,(H2,12,13,14)/t5-,7+,8+,11+/m0/s1. The van der Waals surface area contributed by atoms with E-state index in [1.807, 2.05) is 0 Å². The number of ether oxygens (including phenoxy) is 2. The summed E-state index contributed by atoms with van der Waals surface area (Å²) in [7, 11) is 1.46. The van der Waals surface area contributed by atoms with Crippen molar-refractivity contribution in [3.8, 4) is 0 Å². The van der Waals surface area contributed by atoms with Crippen molar-refractivity contribution in [3.05, 3.63) is 12.7 Å². The van der Waals surface area contributed by atoms with E-state index >= 15 is 0 Å². The summed E-state index contributed by atoms with van der Waals surface area (Å²) in [6.07, 6.45) is -0.119. The van der Waals surface area contributed by atoms with Crippen molar-refractivity contribution in [1.82, 2.24) is 19.5 Å². The van der Waals surface area contributed by atoms with Gasteiger partial charge in [-0.05, 0) is 0 Å². The average Bonchev–Trinajstić information content (AvgIpc) is 3.00. The molecule has 0 amide bonds. The van der Waals surface area contributed by atoms with Crippen molar-refractivity contribution in [2.75, 3.05) is 19.5 Å². The second-order valence-corrected chi connectivity index (χ2v) is 4.52. The number of fused-ring (bicyclic) bond motifs is 1. The van der Waals surface area contributed by atoms with Crippen LogP contribution in [0.3, 0.4) is 0 Å². The van der Waals surface area contributed by atoms with Crippen LogP contribution in [0.25, 0.3) is 11.2 Å². The second-order valence-electron chi connectivity index (χ2n) is 4.52. The third kappa shape index (κ3) is 1.83. The number of nitrogens with zero attached hydrogens (tertiary/aromatic N) is 4. The summed E-state index contributed by atoms with van der Waals surface area (Å²) in [5, 5.41) is 19.3. The van der Waals surface area contributed by atoms with Gasteiger partial charge in [-0.25, -0.2) is 15.0 Å². The van der Waals surface area contributed by atoms with Crippen LogP contribution < -0.4 is 5.73 Å². The van der Waals surface area contributed by atoms with Gasteiger partial charge in [0.25, 0.3) is 0 Å². The van der Waals surface area contributed by atoms with Gasteiger partial charge in [0.2, 0.25) is 0 Å². The first-order valence-electron chi connectivity index (χ1n) is 6.07. The minimum Gasteiger partial charge on any atom is -0.394 e. The van der Waals surface area contributed by atoms with Crippen LogP contribution in [0.2, 0.25) is 0 Å². The topological polar surface area (TPSA) is 129 Å². The highest BCUT2D eigenvalue weighted by Gasteiger charge is 2.45. The quantitative estimate of drug-likeness (QED) is 0.631. The summed E-state index contributed by atoms with van der Waals surface area (Å²) in [4.78, 5) is 12.1. The van der Waals surface area contributed by atoms with E-state index in [0.717, 1.165) is 0 Å². The zero-order chi connectivity index (χ0) is 14.3. The summed E-state index contributed by atoms with van der Waals surface area (Å²) in [6.45, 7) is -0.304. The van der Waals surface area contributed by atoms with Crippen LogP contribution in [0.1, 0.15) is 6.23 Å². The van der Waals surface area contributed by atoms with Gasteiger partial charge in [-0.15, -0.1) is 0 Å². The Morgan fingerprint density at radius 2 is 2.25 bits per heavy atom. The van der Waals surface area contributed by atoms with E-state index in [1.165, 1.54) is 19.8 Å². The number of rotatable bonds is 3. The molecule has 0 aromatic carbocycles. The predicted octanol–water partition coefficient (Wildman–Crippen LogP) is -1.33. The number of aliphatic hydroxyl groups is 2. The van der Waals surface area contributed by atoms with E-state index in [9.17, 15) is 10.2 Å². The highest BCUT2D eigenvalue weighted by atomic mass is 16.6. The minimum atomic E-state index is -0.938. The molecule has 0 aliphatic carbocycles. The van der Waals surface area contributed by atoms with E-state index in [1.54, 1.807) is 4.57 Å². The molecular formula is C11H15N5O4. The molecule has 0 radical (unpaired) electrons. The van der Waals surface area contributed by atoms with E-state index in [4.69, 9.17) is 15.2 Å². The van der Waals surface area contributed by atoms with Crippen molar-refractivity contribution in [3.63, 3.8) is 0 Å². The molecular weight excluding hydrogens is 266 g/mol. The molecule has 9 nitrogen and oxygen atoms in total. The van der Waals surface area contributed by atoms with E-state index in [-0.39, 0.29) is 12.4 Å². The first-order chi connectivity index (χ1) is 9.67. The van der Waals surface area contributed by atoms with Gasteiger partial charge in [0.15, 0.2) is 17.7 Å². The number of aliphatic hydroxyl groups excluding tert-OH is 2. The summed E-state index contributed by atoms with van der Waals surface area (Å²) >= 11 is 0. The van der Waals surface area contributed by atoms with Crippen LogP contribution in [-0.4, -0.2) is 61.8 Å². The molecule has 4 N–H and O–H groups in total. The first kappa shape index (κ1) is 13.2. The number of nitrogen functional groups attached to an aromatic ring is 1. The maximum absolute atomic E-state index is 10.0. The maximum atomic E-state index is 10.0. The summed E-state index contributed by atoms with van der Waals surface area (Å²) in [5.41, 5.74) is 6.66. The van der Waals surface area contributed by atoms with Gasteiger partial charge in [0.05, 0.1) is 12.9 Å². The molecule has 2 aromatic rings. The number of aromatic nitrogens is 4. The Morgan fingerprint density at radius 1 is 1.45 bits per heavy atom. The molecule has 0 saturated carbocycles. The van der Waals surface area contributed by atoms with Gasteiger partial charge in [-0.3, -0.25) is 4.57 Å². The zero-order valence-electron chi connectivity index (χ0n) is 10.7. The fourth-order valence-corrected chi connectivity index (χ4v) is 2.40. The maximum Gasteiger partial charge on any atom is 0.167 e. The lowest BCUT2D eigenvalue weighted by molar-refractivity contribution is -0.0583. The van der Waals surface area contributed by atoms with E-state index < -0.39 is 24.5 Å². The number of imidazole rings is 1. The van der Waals surface area contributed by atoms with E-state index in [0.29, 0.717) is 11.2 Å². The summed E-state index contributed by atoms with van der Waals surface area (Å²) in [6, 6.07) is 0. The Balaban J connectivity index is 2.04. The van der Waals surface area contributed by atoms with Crippen LogP contribution in [0.5, 0.6) is 0 Å². The van der Waals surface area contributed by atoms with E-state index in [2.05, 4.69) is 15.0 Å². The van der Waals surface area contributed by atoms with Gasteiger partial charge >= 0.3 is 0 Å². The van der Waals surface area contributed by atoms with Crippen LogP contribution in [0, 0.1) is 0 Å². The molecule has 108 valence electrons. The number of hydrogen-bond donors (Lipinski definition) is 3. The van der Waals surface area contributed by atoms with Crippen molar-refractivity contribution >= 4 is 17.0 Å². The largest absolute Gasteiger partial charge is 0.394 e. The van der Waals surface area contributed by atoms with Crippen LogP contribution in [0.15, 0.2) is 12.7 Å². The van der Waals surface area contributed by atoms with Gasteiger partial charge in [-0.1, -0.05) is 0 Å². The highest BCUT2D eigenvalue weighted by molar-refractivity contribution is 5.81. The lowest BCUT2D eigenvalue weighted by Gasteiger charge is -2.19. The Kier molecular flexibility index (Phi) is 3.26. The van der Waals surface area contributed by atoms with Crippen LogP contribution in [-0.2, 0) is 9.47 Å². The van der Waals surface area contributed by atoms with Crippen molar-refractivity contribution in [1.29, 1.82) is 0 Å². The highest BCUT2D eigenvalue weighted by Crippen LogP contribution is 2.33. The second kappa shape index (κ2) is 4.94. The molecule has 1 aliphatic heterocycles. The summed E-state index contributed by atoms with van der Waals surface area (Å²) < 4.78 is 12.5. The van der Waals surface area contributed by atoms with Crippen molar-refractivity contribution in [2.45, 2.75) is 24.5 Å². The smallest absolute Gasteiger partial charge is 0.167 e. The molecule has 0 bridgehead atoms. The Labute approximate surface area is 114 Å². The fourth-order valence-electron chi connectivity index (χ4n) is 2.40. The van der Waals surface area contributed by atoms with Crippen molar-refractivity contribution < 1.29 is 19.7 Å². The SMILES string of the molecule is CO[C@@H]1[C@H](O)[C@H](CO)O[C@H]1n1cnc2c(N)ncnc21. The Morgan fingerprint density at radius 3 is 2.95 bits per heavy atom. The molecule has 3 heterocycles. The average molecular weight is 281 g/mol. The fraction of sp³-hybridized carbons (Fsp3) is 0.545. The molecule has 1 aliphatic rings. The third-order valence-electron chi connectivity index (χ3n) is 3.43. The number of anilines is 1. The van der Waals surface area contributed by atoms with Crippen LogP contribution in [0.4, 0.5) is 5.82 Å². The molecule has 3 rings (SSSR count). The first-order valence-corrected chi connectivity index (χ1v) is 6.07. The van der Waals surface area contributed by atoms with Crippen molar-refractivity contribution in [2.24, 2.45) is 0 Å². The van der Waals surface area contributed by atoms with Gasteiger partial charge in [0, 0.05) is 7.11 Å². The zero-order valence-corrected chi connectivity index (χ0v) is 10.7. The van der Waals surface area contributed by atoms with Gasteiger partial charge in [-0.2, -0.15) is 0 Å². The summed E-state index contributed by atoms with van der Waals surface area (Å²) in [5.74, 6) is 0.264. The minimum absolute atomic E-state index is 0.264. The molecule has 1 saturated heterocycles. The Bertz CT molecular complexity index is 618. The number of nitrogens with two attached hydrogens (primary N) is 1. The lowest BCUT2D eigenvalue weighted by Crippen LogP contribution is -2.34. The number of hydrogen-bond acceptors (Lipinski definition) is 8. The molecule has 2 aromatic heterocycles. The third-order valence-corrected chi connectivity index (χ3v) is 3.43. The number of methoxy groups -OCH3 is 1. The van der Waals surface area contributed by atoms with Gasteiger partial charge < -0.3 is 25.4 Å². The molecule has 0 spiro atoms. The normalized spacial score (nSPS) is 30.1. The molecule has 9 heteroatoms. The predicted molar refractivity (Wildman–Crippen MR) is 67.5 cm³/mol.